The molecule has 0 spiro atoms. The highest BCUT2D eigenvalue weighted by Crippen LogP contribution is 2.03. The van der Waals surface area contributed by atoms with Gasteiger partial charge in [0.05, 0.1) is 6.10 Å². The molecule has 0 aromatic rings. The lowest BCUT2D eigenvalue weighted by atomic mass is 10.0. The van der Waals surface area contributed by atoms with E-state index in [1.165, 1.54) is 0 Å². The molecule has 0 fully saturated rings. The van der Waals surface area contributed by atoms with E-state index in [0.717, 1.165) is 0 Å². The van der Waals surface area contributed by atoms with E-state index in [9.17, 15) is 9.59 Å². The zero-order chi connectivity index (χ0) is 11.3. The molecule has 0 saturated heterocycles. The number of aliphatic hydroxyl groups excluding tert-OH is 1. The Balaban J connectivity index is 3.90. The molecule has 0 saturated carbocycles. The van der Waals surface area contributed by atoms with Gasteiger partial charge in [-0.25, -0.2) is 0 Å². The SMILES string of the molecule is N[C@H](C(=O)O)[C@@H](O)CC[C@H](N)C(=O)O. The van der Waals surface area contributed by atoms with Crippen LogP contribution in [0.1, 0.15) is 12.8 Å². The van der Waals surface area contributed by atoms with Crippen LogP contribution in [0.25, 0.3) is 0 Å². The molecule has 0 rings (SSSR count). The third-order valence-electron chi connectivity index (χ3n) is 1.79. The van der Waals surface area contributed by atoms with E-state index in [1.807, 2.05) is 0 Å². The molecule has 0 aliphatic heterocycles. The van der Waals surface area contributed by atoms with Crippen molar-refractivity contribution >= 4 is 11.9 Å². The van der Waals surface area contributed by atoms with Gasteiger partial charge in [0.15, 0.2) is 0 Å². The van der Waals surface area contributed by atoms with Gasteiger partial charge in [0, 0.05) is 0 Å². The van der Waals surface area contributed by atoms with Crippen LogP contribution in [0.4, 0.5) is 0 Å². The molecule has 0 heterocycles. The average molecular weight is 206 g/mol. The number of rotatable bonds is 6. The molecule has 7 N–H and O–H groups in total. The highest BCUT2D eigenvalue weighted by Gasteiger charge is 2.23. The molecule has 0 bridgehead atoms. The van der Waals surface area contributed by atoms with E-state index in [1.54, 1.807) is 0 Å². The third kappa shape index (κ3) is 4.17. The van der Waals surface area contributed by atoms with Gasteiger partial charge in [0.25, 0.3) is 0 Å². The lowest BCUT2D eigenvalue weighted by molar-refractivity contribution is -0.141. The van der Waals surface area contributed by atoms with E-state index < -0.39 is 30.1 Å². The Kier molecular flexibility index (Phi) is 5.06. The van der Waals surface area contributed by atoms with Gasteiger partial charge in [-0.3, -0.25) is 9.59 Å². The predicted octanol–water partition coefficient (Wildman–Crippen LogP) is -2.05. The summed E-state index contributed by atoms with van der Waals surface area (Å²) in [5.41, 5.74) is 10.2. The van der Waals surface area contributed by atoms with Gasteiger partial charge >= 0.3 is 11.9 Å². The van der Waals surface area contributed by atoms with Crippen LogP contribution in [0.3, 0.4) is 0 Å². The summed E-state index contributed by atoms with van der Waals surface area (Å²) in [6, 6.07) is -2.51. The van der Waals surface area contributed by atoms with Crippen LogP contribution in [0.5, 0.6) is 0 Å². The van der Waals surface area contributed by atoms with Crippen LogP contribution < -0.4 is 11.5 Å². The van der Waals surface area contributed by atoms with E-state index in [0.29, 0.717) is 0 Å². The molecular weight excluding hydrogens is 192 g/mol. The monoisotopic (exact) mass is 206 g/mol. The fourth-order valence-corrected chi connectivity index (χ4v) is 0.818. The van der Waals surface area contributed by atoms with Crippen molar-refractivity contribution in [2.75, 3.05) is 0 Å². The van der Waals surface area contributed by atoms with Gasteiger partial charge in [0.1, 0.15) is 12.1 Å². The molecule has 0 unspecified atom stereocenters. The molecule has 7 nitrogen and oxygen atoms in total. The number of aliphatic hydroxyl groups is 1. The Labute approximate surface area is 80.3 Å². The Bertz CT molecular complexity index is 220. The second kappa shape index (κ2) is 5.53. The Morgan fingerprint density at radius 1 is 1.07 bits per heavy atom. The first-order chi connectivity index (χ1) is 6.36. The lowest BCUT2D eigenvalue weighted by Crippen LogP contribution is -2.43. The zero-order valence-corrected chi connectivity index (χ0v) is 7.46. The van der Waals surface area contributed by atoms with Crippen LogP contribution in [0, 0.1) is 0 Å². The van der Waals surface area contributed by atoms with E-state index in [-0.39, 0.29) is 12.8 Å². The Morgan fingerprint density at radius 2 is 1.57 bits per heavy atom. The van der Waals surface area contributed by atoms with Crippen molar-refractivity contribution in [2.24, 2.45) is 11.5 Å². The van der Waals surface area contributed by atoms with Gasteiger partial charge < -0.3 is 26.8 Å². The van der Waals surface area contributed by atoms with Gasteiger partial charge in [-0.1, -0.05) is 0 Å². The second-order valence-electron chi connectivity index (χ2n) is 2.95. The summed E-state index contributed by atoms with van der Waals surface area (Å²) in [7, 11) is 0. The molecule has 0 radical (unpaired) electrons. The number of carboxylic acid groups (broad SMARTS) is 2. The summed E-state index contributed by atoms with van der Waals surface area (Å²) < 4.78 is 0. The fraction of sp³-hybridized carbons (Fsp3) is 0.714. The van der Waals surface area contributed by atoms with Gasteiger partial charge in [0.2, 0.25) is 0 Å². The number of carboxylic acids is 2. The topological polar surface area (TPSA) is 147 Å². The normalized spacial score (nSPS) is 17.1. The Morgan fingerprint density at radius 3 is 1.93 bits per heavy atom. The smallest absolute Gasteiger partial charge is 0.323 e. The van der Waals surface area contributed by atoms with Gasteiger partial charge in [-0.05, 0) is 12.8 Å². The van der Waals surface area contributed by atoms with Crippen molar-refractivity contribution in [3.05, 3.63) is 0 Å². The summed E-state index contributed by atoms with van der Waals surface area (Å²) in [5.74, 6) is -2.53. The van der Waals surface area contributed by atoms with Crippen LogP contribution >= 0.6 is 0 Å². The number of carbonyl (C=O) groups is 2. The summed E-state index contributed by atoms with van der Waals surface area (Å²) in [5, 5.41) is 25.9. The molecule has 7 heteroatoms. The van der Waals surface area contributed by atoms with Crippen molar-refractivity contribution in [3.63, 3.8) is 0 Å². The summed E-state index contributed by atoms with van der Waals surface area (Å²) >= 11 is 0. The minimum Gasteiger partial charge on any atom is -0.480 e. The maximum atomic E-state index is 10.3. The highest BCUT2D eigenvalue weighted by atomic mass is 16.4. The fourth-order valence-electron chi connectivity index (χ4n) is 0.818. The number of nitrogens with two attached hydrogens (primary N) is 2. The predicted molar refractivity (Wildman–Crippen MR) is 46.5 cm³/mol. The number of aliphatic carboxylic acids is 2. The first kappa shape index (κ1) is 12.8. The van der Waals surface area contributed by atoms with Crippen molar-refractivity contribution in [2.45, 2.75) is 31.0 Å². The quantitative estimate of drug-likeness (QED) is 0.336. The molecule has 3 atom stereocenters. The molecular formula is C7H14N2O5. The first-order valence-corrected chi connectivity index (χ1v) is 4.01. The maximum Gasteiger partial charge on any atom is 0.323 e. The number of hydrogen-bond acceptors (Lipinski definition) is 5. The average Bonchev–Trinajstić information content (AvgIpc) is 2.11. The molecule has 0 aliphatic rings. The van der Waals surface area contributed by atoms with E-state index in [4.69, 9.17) is 26.8 Å². The van der Waals surface area contributed by atoms with E-state index in [2.05, 4.69) is 0 Å². The van der Waals surface area contributed by atoms with Crippen LogP contribution in [0.2, 0.25) is 0 Å². The van der Waals surface area contributed by atoms with E-state index >= 15 is 0 Å². The first-order valence-electron chi connectivity index (χ1n) is 4.01. The minimum atomic E-state index is -1.41. The zero-order valence-electron chi connectivity index (χ0n) is 7.46. The highest BCUT2D eigenvalue weighted by molar-refractivity contribution is 5.74. The maximum absolute atomic E-state index is 10.3. The molecule has 0 amide bonds. The summed E-state index contributed by atoms with van der Waals surface area (Å²) in [6.07, 6.45) is -1.35. The molecule has 82 valence electrons. The number of hydrogen-bond donors (Lipinski definition) is 5. The molecule has 14 heavy (non-hydrogen) atoms. The van der Waals surface area contributed by atoms with Crippen molar-refractivity contribution in [3.8, 4) is 0 Å². The molecule has 0 aliphatic carbocycles. The molecule has 0 aromatic carbocycles. The van der Waals surface area contributed by atoms with Gasteiger partial charge in [-0.15, -0.1) is 0 Å². The summed E-state index contributed by atoms with van der Waals surface area (Å²) in [4.78, 5) is 20.5. The van der Waals surface area contributed by atoms with Crippen molar-refractivity contribution in [1.82, 2.24) is 0 Å². The lowest BCUT2D eigenvalue weighted by Gasteiger charge is -2.15. The standard InChI is InChI=1S/C7H14N2O5/c8-3(6(11)12)1-2-4(10)5(9)7(13)14/h3-5,10H,1-2,8-9H2,(H,11,12)(H,13,14)/t3-,4-,5-/m0/s1. The Hall–Kier alpha value is -1.18. The van der Waals surface area contributed by atoms with Crippen molar-refractivity contribution < 1.29 is 24.9 Å². The minimum absolute atomic E-state index is 0.0164. The third-order valence-corrected chi connectivity index (χ3v) is 1.79. The molecule has 0 aromatic heterocycles. The van der Waals surface area contributed by atoms with Crippen LogP contribution in [-0.4, -0.2) is 45.4 Å². The summed E-state index contributed by atoms with van der Waals surface area (Å²) in [6.45, 7) is 0. The largest absolute Gasteiger partial charge is 0.480 e. The second-order valence-corrected chi connectivity index (χ2v) is 2.95. The van der Waals surface area contributed by atoms with Crippen molar-refractivity contribution in [1.29, 1.82) is 0 Å². The van der Waals surface area contributed by atoms with Crippen LogP contribution in [0.15, 0.2) is 0 Å². The van der Waals surface area contributed by atoms with Crippen LogP contribution in [-0.2, 0) is 9.59 Å². The van der Waals surface area contributed by atoms with Gasteiger partial charge in [-0.2, -0.15) is 0 Å².